The number of carboxylic acids is 1. The van der Waals surface area contributed by atoms with Gasteiger partial charge in [0.05, 0.1) is 14.2 Å². The normalized spacial score (nSPS) is 11.4. The lowest BCUT2D eigenvalue weighted by molar-refractivity contribution is -0.138. The van der Waals surface area contributed by atoms with E-state index < -0.39 is 17.9 Å². The van der Waals surface area contributed by atoms with Gasteiger partial charge in [-0.3, -0.25) is 9.78 Å². The van der Waals surface area contributed by atoms with Gasteiger partial charge in [0.2, 0.25) is 0 Å². The first-order chi connectivity index (χ1) is 11.5. The molecule has 2 aromatic rings. The summed E-state index contributed by atoms with van der Waals surface area (Å²) in [6.45, 7) is 0. The number of nitrogens with zero attached hydrogens (tertiary/aromatic N) is 1. The number of hydrogen-bond acceptors (Lipinski definition) is 6. The van der Waals surface area contributed by atoms with Crippen LogP contribution in [0.2, 0.25) is 0 Å². The van der Waals surface area contributed by atoms with Gasteiger partial charge in [0.25, 0.3) is 5.91 Å². The molecular formula is C16H17N3O5. The molecule has 1 aromatic carbocycles. The molecule has 4 N–H and O–H groups in total. The van der Waals surface area contributed by atoms with Crippen molar-refractivity contribution >= 4 is 17.6 Å². The van der Waals surface area contributed by atoms with Gasteiger partial charge in [-0.2, -0.15) is 0 Å². The molecule has 0 saturated carbocycles. The van der Waals surface area contributed by atoms with Gasteiger partial charge >= 0.3 is 5.97 Å². The zero-order chi connectivity index (χ0) is 17.7. The summed E-state index contributed by atoms with van der Waals surface area (Å²) in [5, 5.41) is 12.3. The number of carboxylic acid groups (broad SMARTS) is 1. The summed E-state index contributed by atoms with van der Waals surface area (Å²) in [5.74, 6) is -0.891. The Labute approximate surface area is 138 Å². The van der Waals surface area contributed by atoms with Crippen molar-refractivity contribution in [2.45, 2.75) is 6.04 Å². The molecule has 0 aliphatic rings. The number of aliphatic carboxylic acids is 1. The van der Waals surface area contributed by atoms with Crippen LogP contribution in [0.25, 0.3) is 0 Å². The first-order valence-corrected chi connectivity index (χ1v) is 6.93. The van der Waals surface area contributed by atoms with Crippen LogP contribution >= 0.6 is 0 Å². The summed E-state index contributed by atoms with van der Waals surface area (Å²) in [6.07, 6.45) is 1.37. The van der Waals surface area contributed by atoms with E-state index in [1.54, 1.807) is 24.3 Å². The molecule has 8 nitrogen and oxygen atoms in total. The summed E-state index contributed by atoms with van der Waals surface area (Å²) in [5.41, 5.74) is 6.08. The van der Waals surface area contributed by atoms with E-state index in [2.05, 4.69) is 10.3 Å². The summed E-state index contributed by atoms with van der Waals surface area (Å²) in [4.78, 5) is 26.6. The number of pyridine rings is 1. The Morgan fingerprint density at radius 2 is 1.88 bits per heavy atom. The number of benzene rings is 1. The highest BCUT2D eigenvalue weighted by Gasteiger charge is 2.21. The Morgan fingerprint density at radius 1 is 1.17 bits per heavy atom. The van der Waals surface area contributed by atoms with Gasteiger partial charge in [-0.05, 0) is 29.8 Å². The minimum Gasteiger partial charge on any atom is -0.493 e. The van der Waals surface area contributed by atoms with Gasteiger partial charge in [-0.25, -0.2) is 4.79 Å². The molecule has 0 aliphatic heterocycles. The van der Waals surface area contributed by atoms with Crippen LogP contribution in [0.5, 0.6) is 11.5 Å². The quantitative estimate of drug-likeness (QED) is 0.701. The highest BCUT2D eigenvalue weighted by molar-refractivity contribution is 5.91. The van der Waals surface area contributed by atoms with Gasteiger partial charge in [0, 0.05) is 11.9 Å². The van der Waals surface area contributed by atoms with Crippen molar-refractivity contribution in [3.8, 4) is 11.5 Å². The lowest BCUT2D eigenvalue weighted by atomic mass is 10.1. The van der Waals surface area contributed by atoms with Crippen LogP contribution in [0.4, 0.5) is 5.69 Å². The standard InChI is InChI=1S/C16H17N3O5/c1-23-12-4-3-9(7-13(12)24-2)14(16(21)22)19-10-5-6-18-11(8-10)15(17)20/h3-8,14H,1-2H3,(H2,17,20)(H,18,19)(H,21,22). The van der Waals surface area contributed by atoms with Crippen molar-refractivity contribution in [1.29, 1.82) is 0 Å². The molecule has 1 amide bonds. The smallest absolute Gasteiger partial charge is 0.330 e. The molecule has 8 heteroatoms. The molecule has 0 radical (unpaired) electrons. The Morgan fingerprint density at radius 3 is 2.46 bits per heavy atom. The number of aromatic nitrogens is 1. The number of ether oxygens (including phenoxy) is 2. The number of nitrogens with one attached hydrogen (secondary N) is 1. The van der Waals surface area contributed by atoms with Gasteiger partial charge in [0.1, 0.15) is 5.69 Å². The molecule has 0 fully saturated rings. The fourth-order valence-electron chi connectivity index (χ4n) is 2.14. The maximum absolute atomic E-state index is 11.6. The lowest BCUT2D eigenvalue weighted by Crippen LogP contribution is -2.21. The molecule has 24 heavy (non-hydrogen) atoms. The Balaban J connectivity index is 2.35. The van der Waals surface area contributed by atoms with E-state index in [0.717, 1.165) is 0 Å². The average molecular weight is 331 g/mol. The number of carbonyl (C=O) groups is 2. The molecule has 1 unspecified atom stereocenters. The molecule has 1 atom stereocenters. The van der Waals surface area contributed by atoms with Crippen LogP contribution in [0.3, 0.4) is 0 Å². The number of anilines is 1. The summed E-state index contributed by atoms with van der Waals surface area (Å²) in [6, 6.07) is 6.67. The number of nitrogens with two attached hydrogens (primary N) is 1. The van der Waals surface area contributed by atoms with Crippen molar-refractivity contribution in [1.82, 2.24) is 4.98 Å². The van der Waals surface area contributed by atoms with Gasteiger partial charge < -0.3 is 25.6 Å². The number of rotatable bonds is 7. The molecule has 0 saturated heterocycles. The van der Waals surface area contributed by atoms with Crippen molar-refractivity contribution < 1.29 is 24.2 Å². The molecule has 1 aromatic heterocycles. The fourth-order valence-corrected chi connectivity index (χ4v) is 2.14. The summed E-state index contributed by atoms with van der Waals surface area (Å²) < 4.78 is 10.3. The van der Waals surface area contributed by atoms with Gasteiger partial charge in [-0.15, -0.1) is 0 Å². The second-order valence-electron chi connectivity index (χ2n) is 4.82. The second-order valence-corrected chi connectivity index (χ2v) is 4.82. The van der Waals surface area contributed by atoms with E-state index in [9.17, 15) is 14.7 Å². The number of primary amides is 1. The van der Waals surface area contributed by atoms with Gasteiger partial charge in [0.15, 0.2) is 17.5 Å². The number of carbonyl (C=O) groups excluding carboxylic acids is 1. The lowest BCUT2D eigenvalue weighted by Gasteiger charge is -2.18. The predicted molar refractivity (Wildman–Crippen MR) is 86.3 cm³/mol. The molecular weight excluding hydrogens is 314 g/mol. The first kappa shape index (κ1) is 17.1. The number of amides is 1. The Kier molecular flexibility index (Phi) is 5.20. The third kappa shape index (κ3) is 3.72. The Hall–Kier alpha value is -3.29. The van der Waals surface area contributed by atoms with E-state index >= 15 is 0 Å². The average Bonchev–Trinajstić information content (AvgIpc) is 2.59. The number of hydrogen-bond donors (Lipinski definition) is 3. The minimum absolute atomic E-state index is 0.0384. The first-order valence-electron chi connectivity index (χ1n) is 6.93. The highest BCUT2D eigenvalue weighted by atomic mass is 16.5. The third-order valence-electron chi connectivity index (χ3n) is 3.31. The maximum atomic E-state index is 11.6. The van der Waals surface area contributed by atoms with Crippen molar-refractivity contribution in [3.63, 3.8) is 0 Å². The largest absolute Gasteiger partial charge is 0.493 e. The molecule has 2 rings (SSSR count). The van der Waals surface area contributed by atoms with Crippen LogP contribution < -0.4 is 20.5 Å². The van der Waals surface area contributed by atoms with E-state index in [4.69, 9.17) is 15.2 Å². The number of methoxy groups -OCH3 is 2. The van der Waals surface area contributed by atoms with E-state index in [-0.39, 0.29) is 5.69 Å². The van der Waals surface area contributed by atoms with Crippen molar-refractivity contribution in [2.75, 3.05) is 19.5 Å². The zero-order valence-electron chi connectivity index (χ0n) is 13.1. The highest BCUT2D eigenvalue weighted by Crippen LogP contribution is 2.31. The van der Waals surface area contributed by atoms with Gasteiger partial charge in [-0.1, -0.05) is 6.07 Å². The van der Waals surface area contributed by atoms with E-state index in [1.807, 2.05) is 0 Å². The topological polar surface area (TPSA) is 124 Å². The molecule has 0 spiro atoms. The van der Waals surface area contributed by atoms with Crippen LogP contribution in [0.1, 0.15) is 22.1 Å². The molecule has 1 heterocycles. The predicted octanol–water partition coefficient (Wildman–Crippen LogP) is 1.44. The zero-order valence-corrected chi connectivity index (χ0v) is 13.1. The summed E-state index contributed by atoms with van der Waals surface area (Å²) in [7, 11) is 2.96. The third-order valence-corrected chi connectivity index (χ3v) is 3.31. The SMILES string of the molecule is COc1ccc(C(Nc2ccnc(C(N)=O)c2)C(=O)O)cc1OC. The van der Waals surface area contributed by atoms with Crippen LogP contribution in [-0.2, 0) is 4.79 Å². The van der Waals surface area contributed by atoms with E-state index in [0.29, 0.717) is 22.7 Å². The second kappa shape index (κ2) is 7.32. The van der Waals surface area contributed by atoms with E-state index in [1.165, 1.54) is 26.5 Å². The maximum Gasteiger partial charge on any atom is 0.330 e. The molecule has 0 bridgehead atoms. The monoisotopic (exact) mass is 331 g/mol. The molecule has 126 valence electrons. The van der Waals surface area contributed by atoms with Crippen molar-refractivity contribution in [2.24, 2.45) is 5.73 Å². The minimum atomic E-state index is -1.10. The van der Waals surface area contributed by atoms with Crippen LogP contribution in [-0.4, -0.2) is 36.2 Å². The van der Waals surface area contributed by atoms with Crippen LogP contribution in [0, 0.1) is 0 Å². The van der Waals surface area contributed by atoms with Crippen molar-refractivity contribution in [3.05, 3.63) is 47.8 Å². The Bertz CT molecular complexity index is 763. The van der Waals surface area contributed by atoms with Crippen LogP contribution in [0.15, 0.2) is 36.5 Å². The summed E-state index contributed by atoms with van der Waals surface area (Å²) >= 11 is 0. The fraction of sp³-hybridized carbons (Fsp3) is 0.188. The molecule has 0 aliphatic carbocycles.